The zero-order valence-corrected chi connectivity index (χ0v) is 26.9. The van der Waals surface area contributed by atoms with Gasteiger partial charge < -0.3 is 14.3 Å². The standard InChI is InChI=1S/C26H22N3O.C12H8N.Pt/c1-26(2,3)18-13-15-27-24(16-18)29-22-9-5-4-8-20(22)21-12-11-19(17-23(21)29)30-25-10-6-7-14-28-25;1-3-7-11-9(5-1)10-6-2-4-8-12(10)13-11;/h4-16H,1-3H3;1-8H;/q2*-1;+2. The van der Waals surface area contributed by atoms with E-state index in [1.807, 2.05) is 42.6 Å². The quantitative estimate of drug-likeness (QED) is 0.169. The van der Waals surface area contributed by atoms with Gasteiger partial charge in [-0.3, -0.25) is 0 Å². The Bertz CT molecular complexity index is 2160. The van der Waals surface area contributed by atoms with Crippen molar-refractivity contribution in [3.63, 3.8) is 0 Å². The van der Waals surface area contributed by atoms with Crippen molar-refractivity contribution in [1.82, 2.24) is 19.5 Å². The van der Waals surface area contributed by atoms with Gasteiger partial charge in [-0.2, -0.15) is 6.07 Å². The molecule has 0 atom stereocenters. The van der Waals surface area contributed by atoms with Gasteiger partial charge in [-0.15, -0.1) is 28.6 Å². The van der Waals surface area contributed by atoms with E-state index in [1.165, 1.54) is 16.3 Å². The molecular formula is C38H30N4OPt. The molecule has 8 rings (SSSR count). The average molecular weight is 754 g/mol. The van der Waals surface area contributed by atoms with Crippen LogP contribution in [0.3, 0.4) is 0 Å². The van der Waals surface area contributed by atoms with Crippen molar-refractivity contribution >= 4 is 43.6 Å². The predicted octanol–water partition coefficient (Wildman–Crippen LogP) is 9.41. The number of rotatable bonds is 3. The molecule has 0 aliphatic carbocycles. The molecule has 4 heterocycles. The molecule has 0 N–H and O–H groups in total. The Morgan fingerprint density at radius 1 is 0.659 bits per heavy atom. The predicted molar refractivity (Wildman–Crippen MR) is 175 cm³/mol. The van der Waals surface area contributed by atoms with Crippen LogP contribution < -0.4 is 9.72 Å². The van der Waals surface area contributed by atoms with Gasteiger partial charge in [-0.05, 0) is 51.4 Å². The van der Waals surface area contributed by atoms with Crippen molar-refractivity contribution < 1.29 is 25.8 Å². The summed E-state index contributed by atoms with van der Waals surface area (Å²) in [5.74, 6) is 2.04. The van der Waals surface area contributed by atoms with Gasteiger partial charge in [0.05, 0.1) is 0 Å². The molecule has 4 aromatic carbocycles. The van der Waals surface area contributed by atoms with E-state index in [4.69, 9.17) is 9.72 Å². The Kier molecular flexibility index (Phi) is 8.07. The number of para-hydroxylation sites is 3. The van der Waals surface area contributed by atoms with Gasteiger partial charge in [0.2, 0.25) is 5.88 Å². The van der Waals surface area contributed by atoms with Crippen molar-refractivity contribution in [3.05, 3.63) is 139 Å². The van der Waals surface area contributed by atoms with Crippen LogP contribution in [0.15, 0.2) is 128 Å². The first-order valence-corrected chi connectivity index (χ1v) is 14.4. The van der Waals surface area contributed by atoms with E-state index in [2.05, 4.69) is 120 Å². The first-order chi connectivity index (χ1) is 21.0. The van der Waals surface area contributed by atoms with Crippen LogP contribution in [-0.4, -0.2) is 14.5 Å². The smallest absolute Gasteiger partial charge is 0.657 e. The summed E-state index contributed by atoms with van der Waals surface area (Å²) in [4.78, 5) is 13.5. The number of aromatic nitrogens is 4. The van der Waals surface area contributed by atoms with E-state index in [-0.39, 0.29) is 26.5 Å². The van der Waals surface area contributed by atoms with Crippen LogP contribution in [-0.2, 0) is 26.5 Å². The second kappa shape index (κ2) is 12.1. The summed E-state index contributed by atoms with van der Waals surface area (Å²) in [5, 5.41) is 4.77. The van der Waals surface area contributed by atoms with Crippen molar-refractivity contribution in [2.24, 2.45) is 0 Å². The Balaban J connectivity index is 0.000000204. The molecule has 44 heavy (non-hydrogen) atoms. The Hall–Kier alpha value is -4.73. The van der Waals surface area contributed by atoms with Crippen LogP contribution in [0.1, 0.15) is 26.3 Å². The maximum Gasteiger partial charge on any atom is 2.00 e. The normalized spacial score (nSPS) is 11.3. The van der Waals surface area contributed by atoms with Gasteiger partial charge in [0.25, 0.3) is 0 Å². The zero-order chi connectivity index (χ0) is 29.4. The van der Waals surface area contributed by atoms with E-state index in [0.29, 0.717) is 11.6 Å². The topological polar surface area (TPSA) is 54.0 Å². The van der Waals surface area contributed by atoms with E-state index >= 15 is 0 Å². The van der Waals surface area contributed by atoms with Crippen LogP contribution in [0.4, 0.5) is 0 Å². The Morgan fingerprint density at radius 2 is 1.32 bits per heavy atom. The summed E-state index contributed by atoms with van der Waals surface area (Å²) in [5.41, 5.74) is 5.47. The fourth-order valence-electron chi connectivity index (χ4n) is 5.43. The summed E-state index contributed by atoms with van der Waals surface area (Å²) >= 11 is 0. The molecule has 5 nitrogen and oxygen atoms in total. The minimum absolute atomic E-state index is 0. The van der Waals surface area contributed by atoms with Gasteiger partial charge in [0, 0.05) is 29.7 Å². The third-order valence-corrected chi connectivity index (χ3v) is 7.59. The molecule has 0 radical (unpaired) electrons. The largest absolute Gasteiger partial charge is 2.00 e. The summed E-state index contributed by atoms with van der Waals surface area (Å²) in [6.45, 7) is 6.63. The summed E-state index contributed by atoms with van der Waals surface area (Å²) in [6, 6.07) is 42.2. The van der Waals surface area contributed by atoms with Gasteiger partial charge >= 0.3 is 21.1 Å². The summed E-state index contributed by atoms with van der Waals surface area (Å²) in [7, 11) is 0. The van der Waals surface area contributed by atoms with Crippen LogP contribution in [0.2, 0.25) is 0 Å². The second-order valence-electron chi connectivity index (χ2n) is 11.5. The van der Waals surface area contributed by atoms with Gasteiger partial charge in [0.15, 0.2) is 0 Å². The Labute approximate surface area is 270 Å². The molecule has 0 amide bonds. The van der Waals surface area contributed by atoms with E-state index in [1.54, 1.807) is 6.20 Å². The van der Waals surface area contributed by atoms with Crippen molar-refractivity contribution in [2.45, 2.75) is 26.2 Å². The first-order valence-electron chi connectivity index (χ1n) is 14.4. The van der Waals surface area contributed by atoms with Crippen LogP contribution in [0.5, 0.6) is 11.6 Å². The minimum atomic E-state index is 0. The summed E-state index contributed by atoms with van der Waals surface area (Å²) in [6.07, 6.45) is 3.59. The van der Waals surface area contributed by atoms with Gasteiger partial charge in [0.1, 0.15) is 5.82 Å². The summed E-state index contributed by atoms with van der Waals surface area (Å²) < 4.78 is 8.11. The third kappa shape index (κ3) is 5.64. The number of hydrogen-bond donors (Lipinski definition) is 0. The molecular weight excluding hydrogens is 724 g/mol. The minimum Gasteiger partial charge on any atom is -0.657 e. The molecule has 0 bridgehead atoms. The molecule has 0 aliphatic heterocycles. The SMILES string of the molecule is CC(C)(C)c1ccnc(-n2c3[c-]c(Oc4ccccn4)ccc3c3ccccc32)c1.[Pt+2].c1ccc2c(c1)[n-]c1ccccc12. The van der Waals surface area contributed by atoms with Crippen LogP contribution >= 0.6 is 0 Å². The van der Waals surface area contributed by atoms with E-state index in [9.17, 15) is 0 Å². The first kappa shape index (κ1) is 29.3. The number of fused-ring (bicyclic) bond motifs is 6. The maximum absolute atomic E-state index is 5.95. The van der Waals surface area contributed by atoms with Crippen molar-refractivity contribution in [1.29, 1.82) is 0 Å². The molecule has 6 heteroatoms. The monoisotopic (exact) mass is 753 g/mol. The van der Waals surface area contributed by atoms with Crippen molar-refractivity contribution in [2.75, 3.05) is 0 Å². The van der Waals surface area contributed by atoms with Crippen molar-refractivity contribution in [3.8, 4) is 17.4 Å². The molecule has 4 aromatic heterocycles. The molecule has 8 aromatic rings. The van der Waals surface area contributed by atoms with E-state index < -0.39 is 0 Å². The number of nitrogens with zero attached hydrogens (tertiary/aromatic N) is 4. The van der Waals surface area contributed by atoms with Crippen LogP contribution in [0, 0.1) is 6.07 Å². The fourth-order valence-corrected chi connectivity index (χ4v) is 5.43. The number of benzene rings is 4. The molecule has 0 spiro atoms. The molecule has 0 aliphatic rings. The molecule has 0 saturated carbocycles. The molecule has 0 saturated heterocycles. The molecule has 0 fully saturated rings. The molecule has 0 unspecified atom stereocenters. The maximum atomic E-state index is 5.95. The third-order valence-electron chi connectivity index (χ3n) is 7.59. The zero-order valence-electron chi connectivity index (χ0n) is 24.6. The van der Waals surface area contributed by atoms with E-state index in [0.717, 1.165) is 38.7 Å². The number of ether oxygens (including phenoxy) is 1. The van der Waals surface area contributed by atoms with Crippen LogP contribution in [0.25, 0.3) is 49.4 Å². The second-order valence-corrected chi connectivity index (χ2v) is 11.5. The molecule has 218 valence electrons. The number of hydrogen-bond acceptors (Lipinski definition) is 3. The fraction of sp³-hybridized carbons (Fsp3) is 0.105. The average Bonchev–Trinajstić information content (AvgIpc) is 3.57. The van der Waals surface area contributed by atoms with Gasteiger partial charge in [-0.25, -0.2) is 9.97 Å². The van der Waals surface area contributed by atoms with Gasteiger partial charge in [-0.1, -0.05) is 99.1 Å². The Morgan fingerprint density at radius 3 is 2.00 bits per heavy atom. The number of pyridine rings is 2.